The molecule has 0 unspecified atom stereocenters. The first kappa shape index (κ1) is 35.0. The van der Waals surface area contributed by atoms with E-state index in [0.29, 0.717) is 18.0 Å². The highest BCUT2D eigenvalue weighted by Crippen LogP contribution is 2.41. The van der Waals surface area contributed by atoms with Gasteiger partial charge in [0.25, 0.3) is 0 Å². The zero-order valence-electron chi connectivity index (χ0n) is 25.0. The Labute approximate surface area is 268 Å². The van der Waals surface area contributed by atoms with E-state index in [1.54, 1.807) is 14.2 Å². The van der Waals surface area contributed by atoms with Gasteiger partial charge in [-0.05, 0) is 53.8 Å². The summed E-state index contributed by atoms with van der Waals surface area (Å²) in [5.74, 6) is 0.500. The molecule has 3 N–H and O–H groups in total. The summed E-state index contributed by atoms with van der Waals surface area (Å²) in [5, 5.41) is 14.4. The second-order valence-corrected chi connectivity index (χ2v) is 11.0. The molecule has 0 aliphatic carbocycles. The molecule has 3 aromatic rings. The monoisotopic (exact) mass is 646 g/mol. The summed E-state index contributed by atoms with van der Waals surface area (Å²) in [5.41, 5.74) is 1.24. The van der Waals surface area contributed by atoms with Crippen LogP contribution < -0.4 is 20.1 Å². The van der Waals surface area contributed by atoms with Crippen LogP contribution in [0.15, 0.2) is 78.9 Å². The lowest BCUT2D eigenvalue weighted by Crippen LogP contribution is -2.45. The summed E-state index contributed by atoms with van der Waals surface area (Å²) < 4.78 is 23.2. The van der Waals surface area contributed by atoms with Crippen LogP contribution in [-0.2, 0) is 19.9 Å². The number of methoxy groups -OCH3 is 2. The Morgan fingerprint density at radius 2 is 1.32 bits per heavy atom. The van der Waals surface area contributed by atoms with Crippen molar-refractivity contribution in [2.24, 2.45) is 0 Å². The number of carbonyl (C=O) groups excluding carboxylic acids is 2. The second kappa shape index (κ2) is 18.3. The number of benzene rings is 3. The molecule has 0 aliphatic heterocycles. The normalized spacial score (nSPS) is 12.0. The van der Waals surface area contributed by atoms with Gasteiger partial charge in [0.15, 0.2) is 0 Å². The SMILES string of the molecule is COc1ccc(C(OC[C@@H](CNC(=O)NCCCCCCO)OC(=O)C(Cl)Cl)(c2ccccc2)c2ccc(OC)cc2)cc1. The third kappa shape index (κ3) is 10.0. The zero-order chi connectivity index (χ0) is 31.8. The molecule has 1 atom stereocenters. The smallest absolute Gasteiger partial charge is 0.339 e. The van der Waals surface area contributed by atoms with E-state index in [-0.39, 0.29) is 19.8 Å². The van der Waals surface area contributed by atoms with Crippen LogP contribution in [0.3, 0.4) is 0 Å². The average molecular weight is 648 g/mol. The van der Waals surface area contributed by atoms with Crippen molar-refractivity contribution >= 4 is 35.2 Å². The van der Waals surface area contributed by atoms with Gasteiger partial charge in [-0.3, -0.25) is 0 Å². The van der Waals surface area contributed by atoms with Crippen LogP contribution >= 0.6 is 23.2 Å². The molecule has 2 amide bonds. The van der Waals surface area contributed by atoms with Crippen molar-refractivity contribution in [3.8, 4) is 11.5 Å². The summed E-state index contributed by atoms with van der Waals surface area (Å²) in [6.07, 6.45) is 2.35. The van der Waals surface area contributed by atoms with E-state index in [2.05, 4.69) is 10.6 Å². The lowest BCUT2D eigenvalue weighted by Gasteiger charge is -2.37. The van der Waals surface area contributed by atoms with Gasteiger partial charge in [-0.15, -0.1) is 0 Å². The highest BCUT2D eigenvalue weighted by molar-refractivity contribution is 6.52. The van der Waals surface area contributed by atoms with E-state index in [4.69, 9.17) is 47.3 Å². The number of rotatable bonds is 18. The first-order valence-electron chi connectivity index (χ1n) is 14.4. The van der Waals surface area contributed by atoms with Crippen LogP contribution in [-0.4, -0.2) is 68.6 Å². The van der Waals surface area contributed by atoms with Gasteiger partial charge in [0.2, 0.25) is 4.84 Å². The lowest BCUT2D eigenvalue weighted by atomic mass is 9.80. The summed E-state index contributed by atoms with van der Waals surface area (Å²) in [4.78, 5) is 23.6. The number of hydrogen-bond donors (Lipinski definition) is 3. The number of hydrogen-bond acceptors (Lipinski definition) is 7. The Morgan fingerprint density at radius 1 is 0.773 bits per heavy atom. The van der Waals surface area contributed by atoms with Gasteiger partial charge in [-0.25, -0.2) is 9.59 Å². The molecular weight excluding hydrogens is 607 g/mol. The molecule has 3 rings (SSSR count). The fourth-order valence-corrected chi connectivity index (χ4v) is 4.81. The molecule has 0 heterocycles. The Balaban J connectivity index is 1.91. The molecule has 0 spiro atoms. The molecule has 0 bridgehead atoms. The molecule has 11 heteroatoms. The predicted molar refractivity (Wildman–Crippen MR) is 171 cm³/mol. The number of unbranched alkanes of at least 4 members (excludes halogenated alkanes) is 3. The van der Waals surface area contributed by atoms with Crippen molar-refractivity contribution in [3.63, 3.8) is 0 Å². The summed E-state index contributed by atoms with van der Waals surface area (Å²) >= 11 is 11.6. The summed E-state index contributed by atoms with van der Waals surface area (Å²) in [6, 6.07) is 24.3. The van der Waals surface area contributed by atoms with E-state index in [1.807, 2.05) is 78.9 Å². The largest absolute Gasteiger partial charge is 0.497 e. The zero-order valence-corrected chi connectivity index (χ0v) is 26.5. The molecule has 0 radical (unpaired) electrons. The van der Waals surface area contributed by atoms with Crippen molar-refractivity contribution in [2.75, 3.05) is 40.5 Å². The maximum Gasteiger partial charge on any atom is 0.339 e. The topological polar surface area (TPSA) is 115 Å². The molecule has 0 aliphatic rings. The first-order valence-corrected chi connectivity index (χ1v) is 15.3. The Hall–Kier alpha value is -3.50. The minimum absolute atomic E-state index is 0.0569. The van der Waals surface area contributed by atoms with E-state index in [0.717, 1.165) is 42.4 Å². The number of amides is 2. The van der Waals surface area contributed by atoms with Crippen molar-refractivity contribution in [1.29, 1.82) is 0 Å². The van der Waals surface area contributed by atoms with Gasteiger partial charge in [-0.2, -0.15) is 0 Å². The van der Waals surface area contributed by atoms with Crippen LogP contribution in [0.25, 0.3) is 0 Å². The number of urea groups is 1. The van der Waals surface area contributed by atoms with Crippen molar-refractivity contribution in [2.45, 2.75) is 42.2 Å². The number of aliphatic hydroxyl groups is 1. The lowest BCUT2D eigenvalue weighted by molar-refractivity contribution is -0.152. The van der Waals surface area contributed by atoms with Crippen LogP contribution in [0.4, 0.5) is 4.79 Å². The molecular formula is C33H40Cl2N2O7. The van der Waals surface area contributed by atoms with Crippen molar-refractivity contribution in [3.05, 3.63) is 95.6 Å². The molecule has 238 valence electrons. The number of esters is 1. The van der Waals surface area contributed by atoms with Crippen LogP contribution in [0.5, 0.6) is 11.5 Å². The van der Waals surface area contributed by atoms with Crippen LogP contribution in [0.1, 0.15) is 42.4 Å². The van der Waals surface area contributed by atoms with Crippen molar-refractivity contribution < 1.29 is 33.6 Å². The number of carbonyl (C=O) groups is 2. The minimum Gasteiger partial charge on any atom is -0.497 e. The first-order chi connectivity index (χ1) is 21.3. The summed E-state index contributed by atoms with van der Waals surface area (Å²) in [7, 11) is 3.19. The molecule has 44 heavy (non-hydrogen) atoms. The van der Waals surface area contributed by atoms with Crippen LogP contribution in [0.2, 0.25) is 0 Å². The number of nitrogens with one attached hydrogen (secondary N) is 2. The summed E-state index contributed by atoms with van der Waals surface area (Å²) in [6.45, 7) is 0.444. The Bertz CT molecular complexity index is 1230. The maximum absolute atomic E-state index is 12.5. The number of ether oxygens (including phenoxy) is 4. The minimum atomic E-state index is -1.41. The quantitative estimate of drug-likeness (QED) is 0.0715. The van der Waals surface area contributed by atoms with E-state index in [9.17, 15) is 9.59 Å². The fourth-order valence-electron chi connectivity index (χ4n) is 4.70. The van der Waals surface area contributed by atoms with Gasteiger partial charge >= 0.3 is 12.0 Å². The second-order valence-electron chi connectivity index (χ2n) is 9.95. The standard InChI is InChI=1S/C33H40Cl2N2O7/c1-41-27-16-12-25(13-17-27)33(24-10-6-5-7-11-24,26-14-18-28(42-2)19-15-26)43-23-29(44-31(39)30(34)35)22-37-32(40)36-20-8-3-4-9-21-38/h5-7,10-19,29-30,38H,3-4,8-9,20-23H2,1-2H3,(H2,36,37,40)/t29-/m1/s1. The van der Waals surface area contributed by atoms with Gasteiger partial charge in [0.05, 0.1) is 27.4 Å². The predicted octanol–water partition coefficient (Wildman–Crippen LogP) is 5.58. The highest BCUT2D eigenvalue weighted by atomic mass is 35.5. The van der Waals surface area contributed by atoms with Gasteiger partial charge < -0.3 is 34.7 Å². The average Bonchev–Trinajstić information content (AvgIpc) is 3.06. The molecule has 0 aromatic heterocycles. The number of halogens is 2. The molecule has 0 fully saturated rings. The molecule has 9 nitrogen and oxygen atoms in total. The Morgan fingerprint density at radius 3 is 1.84 bits per heavy atom. The third-order valence-corrected chi connectivity index (χ3v) is 7.34. The van der Waals surface area contributed by atoms with Crippen molar-refractivity contribution in [1.82, 2.24) is 10.6 Å². The molecule has 3 aromatic carbocycles. The Kier molecular flexibility index (Phi) is 14.6. The van der Waals surface area contributed by atoms with E-state index < -0.39 is 28.5 Å². The number of alkyl halides is 2. The van der Waals surface area contributed by atoms with E-state index >= 15 is 0 Å². The van der Waals surface area contributed by atoms with Gasteiger partial charge in [-0.1, -0.05) is 90.6 Å². The maximum atomic E-state index is 12.5. The highest BCUT2D eigenvalue weighted by Gasteiger charge is 2.39. The molecule has 0 saturated heterocycles. The third-order valence-electron chi connectivity index (χ3n) is 6.98. The number of aliphatic hydroxyl groups excluding tert-OH is 1. The van der Waals surface area contributed by atoms with E-state index in [1.165, 1.54) is 0 Å². The molecule has 0 saturated carbocycles. The fraction of sp³-hybridized carbons (Fsp3) is 0.394. The van der Waals surface area contributed by atoms with Crippen LogP contribution in [0, 0.1) is 0 Å². The van der Waals surface area contributed by atoms with Gasteiger partial charge in [0.1, 0.15) is 23.2 Å². The van der Waals surface area contributed by atoms with Gasteiger partial charge in [0, 0.05) is 13.2 Å².